The fourth-order valence-electron chi connectivity index (χ4n) is 5.02. The Balaban J connectivity index is 1.81. The first-order valence-corrected chi connectivity index (χ1v) is 15.7. The first-order chi connectivity index (χ1) is 15.6. The third-order valence-corrected chi connectivity index (χ3v) is 12.0. The third-order valence-electron chi connectivity index (χ3n) is 6.40. The van der Waals surface area contributed by atoms with Crippen molar-refractivity contribution in [1.29, 1.82) is 0 Å². The van der Waals surface area contributed by atoms with Gasteiger partial charge in [0.2, 0.25) is 0 Å². The Kier molecular flexibility index (Phi) is 5.23. The average Bonchev–Trinajstić information content (AvgIpc) is 3.00. The van der Waals surface area contributed by atoms with Crippen LogP contribution in [0.3, 0.4) is 0 Å². The number of benzene rings is 3. The van der Waals surface area contributed by atoms with Crippen molar-refractivity contribution < 1.29 is 6.21 Å². The van der Waals surface area contributed by atoms with E-state index in [4.69, 9.17) is 0 Å². The zero-order valence-corrected chi connectivity index (χ0v) is 22.1. The molecule has 0 unspecified atom stereocenters. The summed E-state index contributed by atoms with van der Waals surface area (Å²) in [6, 6.07) is 20.3. The minimum absolute atomic E-state index is 0.0887. The van der Waals surface area contributed by atoms with E-state index in [1.54, 1.807) is 6.20 Å². The Morgan fingerprint density at radius 3 is 2.33 bits per heavy atom. The fourth-order valence-corrected chi connectivity index (χ4v) is 10.9. The van der Waals surface area contributed by atoms with Crippen LogP contribution in [-0.2, 0) is 18.0 Å². The summed E-state index contributed by atoms with van der Waals surface area (Å²) < 4.78 is 29.2. The molecule has 2 heterocycles. The summed E-state index contributed by atoms with van der Waals surface area (Å²) in [7, 11) is 0. The van der Waals surface area contributed by atoms with Gasteiger partial charge in [-0.3, -0.25) is 0 Å². The monoisotopic (exact) mass is 553 g/mol. The van der Waals surface area contributed by atoms with Gasteiger partial charge in [-0.1, -0.05) is 0 Å². The molecular weight excluding hydrogens is 522 g/mol. The number of nitrogens with zero attached hydrogens (tertiary/aromatic N) is 1. The van der Waals surface area contributed by atoms with Crippen molar-refractivity contribution in [3.05, 3.63) is 78.0 Å². The van der Waals surface area contributed by atoms with Crippen molar-refractivity contribution in [3.8, 4) is 22.4 Å². The zero-order valence-electron chi connectivity index (χ0n) is 19.8. The van der Waals surface area contributed by atoms with Crippen LogP contribution in [0.5, 0.6) is 0 Å². The van der Waals surface area contributed by atoms with Gasteiger partial charge in [0.1, 0.15) is 0 Å². The van der Waals surface area contributed by atoms with Gasteiger partial charge in [-0.15, -0.1) is 0 Å². The van der Waals surface area contributed by atoms with Crippen LogP contribution in [0.15, 0.2) is 66.9 Å². The van der Waals surface area contributed by atoms with Gasteiger partial charge >= 0.3 is 200 Å². The summed E-state index contributed by atoms with van der Waals surface area (Å²) in [5.41, 5.74) is 5.14. The molecule has 168 valence electrons. The Morgan fingerprint density at radius 1 is 0.879 bits per heavy atom. The maximum absolute atomic E-state index is 14.1. The van der Waals surface area contributed by atoms with E-state index in [1.807, 2.05) is 30.3 Å². The van der Waals surface area contributed by atoms with Crippen molar-refractivity contribution in [2.75, 3.05) is 0 Å². The first-order valence-electron chi connectivity index (χ1n) is 11.5. The SMILES string of the molecule is CC(C)Cc1cccc2c1[Te](=O)(=O)c1c-2ccnc1-c1cc(C(C)(C)C)c2ccccc2c1. The van der Waals surface area contributed by atoms with Gasteiger partial charge in [0.15, 0.2) is 0 Å². The second-order valence-electron chi connectivity index (χ2n) is 10.4. The topological polar surface area (TPSA) is 47.0 Å². The number of hydrogen-bond acceptors (Lipinski definition) is 3. The Labute approximate surface area is 199 Å². The molecule has 0 bridgehead atoms. The van der Waals surface area contributed by atoms with E-state index >= 15 is 0 Å². The zero-order chi connectivity index (χ0) is 23.5. The summed E-state index contributed by atoms with van der Waals surface area (Å²) in [4.78, 5) is 4.67. The molecular formula is C29H29NO2Te. The molecule has 0 N–H and O–H groups in total. The van der Waals surface area contributed by atoms with E-state index in [0.29, 0.717) is 18.8 Å². The van der Waals surface area contributed by atoms with Gasteiger partial charge < -0.3 is 0 Å². The quantitative estimate of drug-likeness (QED) is 0.267. The number of hydrogen-bond donors (Lipinski definition) is 0. The second-order valence-corrected chi connectivity index (χ2v) is 15.6. The van der Waals surface area contributed by atoms with Gasteiger partial charge in [0.05, 0.1) is 0 Å². The Morgan fingerprint density at radius 2 is 1.61 bits per heavy atom. The normalized spacial score (nSPS) is 14.5. The molecule has 5 rings (SSSR count). The molecule has 1 aliphatic rings. The molecule has 0 aliphatic carbocycles. The van der Waals surface area contributed by atoms with E-state index in [-0.39, 0.29) is 5.41 Å². The molecule has 0 atom stereocenters. The Hall–Kier alpha value is -2.54. The molecule has 0 saturated heterocycles. The van der Waals surface area contributed by atoms with Crippen LogP contribution < -0.4 is 7.22 Å². The molecule has 3 aromatic carbocycles. The molecule has 33 heavy (non-hydrogen) atoms. The van der Waals surface area contributed by atoms with Crippen molar-refractivity contribution in [2.45, 2.75) is 46.5 Å². The molecule has 0 saturated carbocycles. The van der Waals surface area contributed by atoms with Crippen LogP contribution in [-0.4, -0.2) is 23.1 Å². The van der Waals surface area contributed by atoms with E-state index in [2.05, 4.69) is 69.9 Å². The summed E-state index contributed by atoms with van der Waals surface area (Å²) in [5.74, 6) is 0.381. The van der Waals surface area contributed by atoms with Crippen molar-refractivity contribution in [3.63, 3.8) is 0 Å². The summed E-state index contributed by atoms with van der Waals surface area (Å²) in [6.07, 6.45) is 2.51. The Bertz CT molecular complexity index is 1510. The first kappa shape index (κ1) is 22.3. The predicted octanol–water partition coefficient (Wildman–Crippen LogP) is 5.80. The number of pyridine rings is 1. The van der Waals surface area contributed by atoms with E-state index in [9.17, 15) is 6.21 Å². The van der Waals surface area contributed by atoms with E-state index < -0.39 is 18.1 Å². The molecule has 0 amide bonds. The van der Waals surface area contributed by atoms with Gasteiger partial charge in [0.25, 0.3) is 0 Å². The average molecular weight is 551 g/mol. The number of aromatic nitrogens is 1. The molecule has 4 aromatic rings. The van der Waals surface area contributed by atoms with Gasteiger partial charge in [-0.2, -0.15) is 0 Å². The molecule has 1 aliphatic heterocycles. The summed E-state index contributed by atoms with van der Waals surface area (Å²) in [5, 5.41) is 2.30. The number of rotatable bonds is 3. The fraction of sp³-hybridized carbons (Fsp3) is 0.276. The van der Waals surface area contributed by atoms with Crippen LogP contribution >= 0.6 is 0 Å². The van der Waals surface area contributed by atoms with Gasteiger partial charge in [0, 0.05) is 0 Å². The summed E-state index contributed by atoms with van der Waals surface area (Å²) in [6.45, 7) is 10.8. The van der Waals surface area contributed by atoms with Crippen LogP contribution in [0.2, 0.25) is 0 Å². The van der Waals surface area contributed by atoms with E-state index in [1.165, 1.54) is 10.9 Å². The van der Waals surface area contributed by atoms with Crippen LogP contribution in [0.1, 0.15) is 45.7 Å². The minimum atomic E-state index is -5.08. The van der Waals surface area contributed by atoms with Crippen LogP contribution in [0.4, 0.5) is 0 Å². The summed E-state index contributed by atoms with van der Waals surface area (Å²) >= 11 is -5.08. The van der Waals surface area contributed by atoms with Gasteiger partial charge in [-0.05, 0) is 0 Å². The van der Waals surface area contributed by atoms with Crippen LogP contribution in [0, 0.1) is 5.92 Å². The molecule has 3 nitrogen and oxygen atoms in total. The van der Waals surface area contributed by atoms with Crippen LogP contribution in [0.25, 0.3) is 33.2 Å². The molecule has 0 fully saturated rings. The van der Waals surface area contributed by atoms with Crippen molar-refractivity contribution in [2.24, 2.45) is 5.92 Å². The molecule has 1 aromatic heterocycles. The standard InChI is InChI=1S/C29H29NO2Te/c1-18(2)15-20-10-8-12-23-24-13-14-30-26(28(24)33(31,32)27(20)23)21-16-19-9-6-7-11-22(19)25(17-21)29(3,4)5/h6-14,16-18H,15H2,1-5H3. The maximum atomic E-state index is 14.1. The van der Waals surface area contributed by atoms with Gasteiger partial charge in [-0.25, -0.2) is 0 Å². The van der Waals surface area contributed by atoms with Crippen molar-refractivity contribution in [1.82, 2.24) is 4.98 Å². The number of fused-ring (bicyclic) bond motifs is 4. The predicted molar refractivity (Wildman–Crippen MR) is 136 cm³/mol. The second kappa shape index (κ2) is 7.76. The van der Waals surface area contributed by atoms with E-state index in [0.717, 1.165) is 34.1 Å². The van der Waals surface area contributed by atoms with Crippen molar-refractivity contribution >= 4 is 36.1 Å². The third kappa shape index (κ3) is 3.61. The molecule has 0 radical (unpaired) electrons. The molecule has 4 heteroatoms. The molecule has 0 spiro atoms.